The highest BCUT2D eigenvalue weighted by molar-refractivity contribution is 5.89. The number of carbonyl (C=O) groups excluding carboxylic acids is 1. The number of fused-ring (bicyclic) bond motifs is 3. The Bertz CT molecular complexity index is 892. The summed E-state index contributed by atoms with van der Waals surface area (Å²) < 4.78 is 28.4. The number of epoxide rings is 1. The molecule has 0 bridgehead atoms. The number of ether oxygens (including phenoxy) is 5. The van der Waals surface area contributed by atoms with Gasteiger partial charge in [-0.25, -0.2) is 4.79 Å². The topological polar surface area (TPSA) is 168 Å². The molecule has 2 saturated heterocycles. The Morgan fingerprint density at radius 3 is 2.48 bits per heavy atom. The van der Waals surface area contributed by atoms with Crippen molar-refractivity contribution in [1.82, 2.24) is 0 Å². The van der Waals surface area contributed by atoms with E-state index < -0.39 is 79.2 Å². The van der Waals surface area contributed by atoms with Gasteiger partial charge in [-0.3, -0.25) is 0 Å². The largest absolute Gasteiger partial charge is 0.472 e. The van der Waals surface area contributed by atoms with E-state index in [1.54, 1.807) is 36.4 Å². The summed E-state index contributed by atoms with van der Waals surface area (Å²) in [4.78, 5) is 12.7. The van der Waals surface area contributed by atoms with Gasteiger partial charge in [0.2, 0.25) is 6.29 Å². The molecule has 0 radical (unpaired) electrons. The smallest absolute Gasteiger partial charge is 0.338 e. The number of hydrogen-bond acceptors (Lipinski definition) is 11. The van der Waals surface area contributed by atoms with E-state index in [1.807, 2.05) is 0 Å². The second-order valence-corrected chi connectivity index (χ2v) is 8.66. The van der Waals surface area contributed by atoms with Crippen molar-refractivity contribution in [3.8, 4) is 0 Å². The van der Waals surface area contributed by atoms with Gasteiger partial charge in [0, 0.05) is 5.92 Å². The molecule has 5 rings (SSSR count). The lowest BCUT2D eigenvalue weighted by molar-refractivity contribution is -0.344. The number of aliphatic hydroxyl groups excluding tert-OH is 5. The van der Waals surface area contributed by atoms with Crippen LogP contribution in [-0.2, 0) is 23.7 Å². The number of aliphatic hydroxyl groups is 5. The molecule has 0 amide bonds. The van der Waals surface area contributed by atoms with Gasteiger partial charge in [-0.15, -0.1) is 0 Å². The summed E-state index contributed by atoms with van der Waals surface area (Å²) in [5, 5.41) is 49.9. The van der Waals surface area contributed by atoms with Crippen LogP contribution in [0.5, 0.6) is 0 Å². The molecule has 33 heavy (non-hydrogen) atoms. The fourth-order valence-corrected chi connectivity index (χ4v) is 5.05. The van der Waals surface area contributed by atoms with E-state index in [0.29, 0.717) is 5.56 Å². The lowest BCUT2D eigenvalue weighted by Gasteiger charge is -2.43. The SMILES string of the molecule is O=C(O[C@@H]1[C@H]2C=CO[C@H](O[C@H]3O[C@H](CO)[C@H](O)[C@@H](O)[C@H]3O)[C@H]2[C@@]2(CO)O[C@@H]12)c1ccccc1. The zero-order chi connectivity index (χ0) is 23.3. The molecule has 4 aliphatic rings. The van der Waals surface area contributed by atoms with Crippen LogP contribution in [-0.4, -0.2) is 99.5 Å². The lowest BCUT2D eigenvalue weighted by atomic mass is 9.85. The predicted molar refractivity (Wildman–Crippen MR) is 106 cm³/mol. The maximum absolute atomic E-state index is 12.7. The summed E-state index contributed by atoms with van der Waals surface area (Å²) in [5.74, 6) is -1.58. The van der Waals surface area contributed by atoms with Crippen LogP contribution >= 0.6 is 0 Å². The van der Waals surface area contributed by atoms with E-state index in [2.05, 4.69) is 0 Å². The molecular weight excluding hydrogens is 440 g/mol. The number of carbonyl (C=O) groups is 1. The Morgan fingerprint density at radius 2 is 1.79 bits per heavy atom. The number of hydrogen-bond donors (Lipinski definition) is 5. The van der Waals surface area contributed by atoms with Gasteiger partial charge in [-0.05, 0) is 18.2 Å². The van der Waals surface area contributed by atoms with E-state index in [4.69, 9.17) is 23.7 Å². The molecular formula is C22H26O11. The Kier molecular flexibility index (Phi) is 5.91. The minimum Gasteiger partial charge on any atom is -0.472 e. The summed E-state index contributed by atoms with van der Waals surface area (Å²) >= 11 is 0. The fraction of sp³-hybridized carbons (Fsp3) is 0.591. The minimum absolute atomic E-state index is 0.376. The van der Waals surface area contributed by atoms with Crippen molar-refractivity contribution in [2.24, 2.45) is 11.8 Å². The van der Waals surface area contributed by atoms with Crippen LogP contribution in [0, 0.1) is 11.8 Å². The van der Waals surface area contributed by atoms with Crippen LogP contribution in [0.4, 0.5) is 0 Å². The second kappa shape index (κ2) is 8.60. The maximum Gasteiger partial charge on any atom is 0.338 e. The third-order valence-corrected chi connectivity index (χ3v) is 6.85. The molecule has 11 nitrogen and oxygen atoms in total. The third-order valence-electron chi connectivity index (χ3n) is 6.85. The fourth-order valence-electron chi connectivity index (χ4n) is 5.05. The van der Waals surface area contributed by atoms with Crippen molar-refractivity contribution in [2.75, 3.05) is 13.2 Å². The quantitative estimate of drug-likeness (QED) is 0.239. The standard InChI is InChI=1S/C22H26O11/c23-8-12-14(25)15(26)16(27)21(30-12)32-20-13-11(6-7-29-20)17(18-22(13,9-24)33-18)31-19(28)10-4-2-1-3-5-10/h1-7,11-18,20-21,23-27H,8-9H2/t11-,12+,13-,14-,15+,16+,17+,18-,20+,21+,22+/m0/s1. The normalized spacial score (nSPS) is 45.6. The highest BCUT2D eigenvalue weighted by atomic mass is 16.8. The van der Waals surface area contributed by atoms with Crippen molar-refractivity contribution >= 4 is 5.97 Å². The summed E-state index contributed by atoms with van der Waals surface area (Å²) in [6.07, 6.45) is -6.67. The zero-order valence-electron chi connectivity index (χ0n) is 17.4. The molecule has 1 saturated carbocycles. The second-order valence-electron chi connectivity index (χ2n) is 8.66. The van der Waals surface area contributed by atoms with E-state index in [0.717, 1.165) is 0 Å². The van der Waals surface area contributed by atoms with Gasteiger partial charge >= 0.3 is 5.97 Å². The molecule has 3 aliphatic heterocycles. The summed E-state index contributed by atoms with van der Waals surface area (Å²) in [5.41, 5.74) is -0.711. The van der Waals surface area contributed by atoms with Gasteiger partial charge in [-0.1, -0.05) is 18.2 Å². The molecule has 1 aliphatic carbocycles. The zero-order valence-corrected chi connectivity index (χ0v) is 17.4. The van der Waals surface area contributed by atoms with Gasteiger partial charge in [0.05, 0.1) is 31.0 Å². The molecule has 11 atom stereocenters. The van der Waals surface area contributed by atoms with Crippen molar-refractivity contribution < 1.29 is 54.0 Å². The first kappa shape index (κ1) is 22.7. The monoisotopic (exact) mass is 466 g/mol. The van der Waals surface area contributed by atoms with Crippen LogP contribution in [0.1, 0.15) is 10.4 Å². The molecule has 180 valence electrons. The highest BCUT2D eigenvalue weighted by Gasteiger charge is 2.77. The molecule has 3 fully saturated rings. The predicted octanol–water partition coefficient (Wildman–Crippen LogP) is -1.73. The van der Waals surface area contributed by atoms with Crippen molar-refractivity contribution in [1.29, 1.82) is 0 Å². The molecule has 0 unspecified atom stereocenters. The van der Waals surface area contributed by atoms with Gasteiger partial charge in [-0.2, -0.15) is 0 Å². The van der Waals surface area contributed by atoms with Crippen LogP contribution in [0.2, 0.25) is 0 Å². The molecule has 1 aromatic rings. The van der Waals surface area contributed by atoms with Crippen molar-refractivity contribution in [3.63, 3.8) is 0 Å². The van der Waals surface area contributed by atoms with E-state index in [1.165, 1.54) is 6.26 Å². The van der Waals surface area contributed by atoms with E-state index in [9.17, 15) is 30.3 Å². The summed E-state index contributed by atoms with van der Waals surface area (Å²) in [7, 11) is 0. The highest BCUT2D eigenvalue weighted by Crippen LogP contribution is 2.60. The first-order valence-corrected chi connectivity index (χ1v) is 10.7. The van der Waals surface area contributed by atoms with Gasteiger partial charge in [0.15, 0.2) is 6.29 Å². The number of benzene rings is 1. The Balaban J connectivity index is 1.35. The average molecular weight is 466 g/mol. The van der Waals surface area contributed by atoms with E-state index >= 15 is 0 Å². The Morgan fingerprint density at radius 1 is 1.03 bits per heavy atom. The molecule has 5 N–H and O–H groups in total. The lowest BCUT2D eigenvalue weighted by Crippen LogP contribution is -2.60. The van der Waals surface area contributed by atoms with Crippen LogP contribution in [0.3, 0.4) is 0 Å². The van der Waals surface area contributed by atoms with Crippen molar-refractivity contribution in [2.45, 2.75) is 54.8 Å². The average Bonchev–Trinajstić information content (AvgIpc) is 3.52. The van der Waals surface area contributed by atoms with Crippen LogP contribution in [0.25, 0.3) is 0 Å². The summed E-state index contributed by atoms with van der Waals surface area (Å²) in [6, 6.07) is 8.49. The first-order chi connectivity index (χ1) is 15.9. The van der Waals surface area contributed by atoms with Gasteiger partial charge in [0.25, 0.3) is 0 Å². The summed E-state index contributed by atoms with van der Waals surface area (Å²) in [6.45, 7) is -0.991. The van der Waals surface area contributed by atoms with Gasteiger partial charge < -0.3 is 49.2 Å². The molecule has 0 spiro atoms. The van der Waals surface area contributed by atoms with E-state index in [-0.39, 0.29) is 6.61 Å². The van der Waals surface area contributed by atoms with Crippen molar-refractivity contribution in [3.05, 3.63) is 48.2 Å². The van der Waals surface area contributed by atoms with Crippen LogP contribution in [0.15, 0.2) is 42.7 Å². The number of esters is 1. The Labute approximate surface area is 188 Å². The molecule has 3 heterocycles. The molecule has 0 aromatic heterocycles. The van der Waals surface area contributed by atoms with Crippen LogP contribution < -0.4 is 0 Å². The number of rotatable bonds is 6. The molecule has 11 heteroatoms. The minimum atomic E-state index is -1.62. The maximum atomic E-state index is 12.7. The molecule has 1 aromatic carbocycles. The first-order valence-electron chi connectivity index (χ1n) is 10.7. The third kappa shape index (κ3) is 3.65. The Hall–Kier alpha value is -2.09. The van der Waals surface area contributed by atoms with Gasteiger partial charge in [0.1, 0.15) is 42.2 Å².